The minimum absolute atomic E-state index is 0.253. The SMILES string of the molecule is C=Cc1cnc2ccc(-c3ccn4nc(N)ncc34)cn12.CN1CCCC1.N#CCCCC1CCCCC1. The summed E-state index contributed by atoms with van der Waals surface area (Å²) in [5.74, 6) is 1.21. The summed E-state index contributed by atoms with van der Waals surface area (Å²) < 4.78 is 3.73. The van der Waals surface area contributed by atoms with E-state index in [-0.39, 0.29) is 5.95 Å². The van der Waals surface area contributed by atoms with Gasteiger partial charge in [-0.2, -0.15) is 5.26 Å². The van der Waals surface area contributed by atoms with Gasteiger partial charge in [-0.1, -0.05) is 38.7 Å². The van der Waals surface area contributed by atoms with Crippen LogP contribution in [0.15, 0.2) is 49.6 Å². The summed E-state index contributed by atoms with van der Waals surface area (Å²) in [6.45, 7) is 6.45. The van der Waals surface area contributed by atoms with Crippen LogP contribution in [0.4, 0.5) is 5.95 Å². The molecule has 38 heavy (non-hydrogen) atoms. The van der Waals surface area contributed by atoms with Gasteiger partial charge in [-0.15, -0.1) is 5.10 Å². The lowest BCUT2D eigenvalue weighted by Crippen LogP contribution is -2.10. The number of nitrogen functional groups attached to an aromatic ring is 1. The van der Waals surface area contributed by atoms with Crippen LogP contribution in [-0.4, -0.2) is 49.0 Å². The number of imidazole rings is 1. The van der Waals surface area contributed by atoms with E-state index in [0.29, 0.717) is 0 Å². The number of anilines is 1. The Morgan fingerprint density at radius 2 is 1.87 bits per heavy atom. The quantitative estimate of drug-likeness (QED) is 0.318. The molecular formula is C30H40N8. The maximum absolute atomic E-state index is 8.35. The summed E-state index contributed by atoms with van der Waals surface area (Å²) in [5, 5.41) is 12.5. The second-order valence-corrected chi connectivity index (χ2v) is 10.3. The zero-order chi connectivity index (χ0) is 26.7. The van der Waals surface area contributed by atoms with Crippen LogP contribution in [0.3, 0.4) is 0 Å². The van der Waals surface area contributed by atoms with Gasteiger partial charge in [-0.3, -0.25) is 4.40 Å². The van der Waals surface area contributed by atoms with Crippen molar-refractivity contribution in [3.8, 4) is 17.2 Å². The average Bonchev–Trinajstić information content (AvgIpc) is 3.69. The molecule has 2 fully saturated rings. The van der Waals surface area contributed by atoms with Crippen LogP contribution >= 0.6 is 0 Å². The highest BCUT2D eigenvalue weighted by molar-refractivity contribution is 5.80. The Kier molecular flexibility index (Phi) is 9.88. The highest BCUT2D eigenvalue weighted by Gasteiger charge is 2.12. The van der Waals surface area contributed by atoms with Crippen LogP contribution in [0, 0.1) is 17.2 Å². The van der Waals surface area contributed by atoms with Gasteiger partial charge >= 0.3 is 0 Å². The van der Waals surface area contributed by atoms with E-state index in [4.69, 9.17) is 11.0 Å². The van der Waals surface area contributed by atoms with E-state index in [1.165, 1.54) is 64.5 Å². The molecule has 0 unspecified atom stereocenters. The largest absolute Gasteiger partial charge is 0.367 e. The molecule has 4 aromatic heterocycles. The molecule has 1 aliphatic carbocycles. The van der Waals surface area contributed by atoms with Gasteiger partial charge in [-0.05, 0) is 76.0 Å². The molecule has 1 saturated heterocycles. The van der Waals surface area contributed by atoms with Crippen LogP contribution in [0.5, 0.6) is 0 Å². The van der Waals surface area contributed by atoms with E-state index in [9.17, 15) is 0 Å². The van der Waals surface area contributed by atoms with E-state index in [0.717, 1.165) is 46.7 Å². The van der Waals surface area contributed by atoms with Gasteiger partial charge in [0.1, 0.15) is 5.65 Å². The highest BCUT2D eigenvalue weighted by atomic mass is 15.3. The van der Waals surface area contributed by atoms with Crippen LogP contribution in [0.2, 0.25) is 0 Å². The van der Waals surface area contributed by atoms with Gasteiger partial charge in [0.15, 0.2) is 0 Å². The van der Waals surface area contributed by atoms with Gasteiger partial charge in [0, 0.05) is 29.9 Å². The van der Waals surface area contributed by atoms with Crippen LogP contribution in [0.25, 0.3) is 28.4 Å². The van der Waals surface area contributed by atoms with E-state index < -0.39 is 0 Å². The third kappa shape index (κ3) is 7.20. The zero-order valence-corrected chi connectivity index (χ0v) is 22.6. The maximum Gasteiger partial charge on any atom is 0.238 e. The average molecular weight is 513 g/mol. The molecule has 4 aromatic rings. The van der Waals surface area contributed by atoms with Gasteiger partial charge in [0.2, 0.25) is 5.95 Å². The van der Waals surface area contributed by atoms with Crippen molar-refractivity contribution in [1.82, 2.24) is 28.9 Å². The summed E-state index contributed by atoms with van der Waals surface area (Å²) in [5.41, 5.74) is 10.4. The zero-order valence-electron chi connectivity index (χ0n) is 22.6. The third-order valence-corrected chi connectivity index (χ3v) is 7.44. The maximum atomic E-state index is 8.35. The number of aromatic nitrogens is 5. The minimum atomic E-state index is 0.253. The Hall–Kier alpha value is -3.70. The van der Waals surface area contributed by atoms with Gasteiger partial charge in [-0.25, -0.2) is 14.5 Å². The van der Waals surface area contributed by atoms with Crippen LogP contribution in [0.1, 0.15) is 69.9 Å². The molecule has 8 nitrogen and oxygen atoms in total. The number of rotatable bonds is 5. The number of likely N-dealkylation sites (tertiary alicyclic amines) is 1. The lowest BCUT2D eigenvalue weighted by molar-refractivity contribution is 0.333. The number of pyridine rings is 1. The van der Waals surface area contributed by atoms with Crippen molar-refractivity contribution in [2.75, 3.05) is 25.9 Å². The monoisotopic (exact) mass is 512 g/mol. The lowest BCUT2D eigenvalue weighted by atomic mass is 9.86. The summed E-state index contributed by atoms with van der Waals surface area (Å²) in [6.07, 6.45) is 22.4. The Labute approximate surface area is 225 Å². The van der Waals surface area contributed by atoms with Crippen molar-refractivity contribution >= 4 is 23.2 Å². The molecular weight excluding hydrogens is 472 g/mol. The molecule has 2 N–H and O–H groups in total. The molecule has 0 aromatic carbocycles. The van der Waals surface area contributed by atoms with Gasteiger partial charge in [0.05, 0.1) is 29.7 Å². The van der Waals surface area contributed by atoms with Gasteiger partial charge < -0.3 is 10.6 Å². The smallest absolute Gasteiger partial charge is 0.238 e. The topological polar surface area (TPSA) is 101 Å². The van der Waals surface area contributed by atoms with Crippen molar-refractivity contribution < 1.29 is 0 Å². The predicted octanol–water partition coefficient (Wildman–Crippen LogP) is 6.24. The van der Waals surface area contributed by atoms with E-state index in [1.807, 2.05) is 35.0 Å². The Balaban J connectivity index is 0.000000165. The fourth-order valence-electron chi connectivity index (χ4n) is 5.29. The Morgan fingerprint density at radius 3 is 2.55 bits per heavy atom. The Bertz CT molecular complexity index is 1350. The van der Waals surface area contributed by atoms with Crippen molar-refractivity contribution in [1.29, 1.82) is 5.26 Å². The van der Waals surface area contributed by atoms with Crippen LogP contribution < -0.4 is 5.73 Å². The second-order valence-electron chi connectivity index (χ2n) is 10.3. The van der Waals surface area contributed by atoms with E-state index in [2.05, 4.69) is 39.7 Å². The fraction of sp³-hybridized carbons (Fsp3) is 0.467. The number of nitrogens with two attached hydrogens (primary N) is 1. The van der Waals surface area contributed by atoms with Crippen molar-refractivity contribution in [3.63, 3.8) is 0 Å². The number of unbranched alkanes of at least 4 members (excludes halogenated alkanes) is 1. The number of nitriles is 1. The second kappa shape index (κ2) is 13.7. The third-order valence-electron chi connectivity index (χ3n) is 7.44. The first kappa shape index (κ1) is 27.3. The molecule has 0 atom stereocenters. The van der Waals surface area contributed by atoms with Crippen molar-refractivity contribution in [3.05, 3.63) is 55.3 Å². The highest BCUT2D eigenvalue weighted by Crippen LogP contribution is 2.28. The van der Waals surface area contributed by atoms with Gasteiger partial charge in [0.25, 0.3) is 0 Å². The molecule has 0 radical (unpaired) electrons. The number of hydrogen-bond donors (Lipinski definition) is 1. The summed E-state index contributed by atoms with van der Waals surface area (Å²) in [7, 11) is 2.17. The van der Waals surface area contributed by atoms with Crippen molar-refractivity contribution in [2.24, 2.45) is 5.92 Å². The molecule has 0 amide bonds. The molecule has 2 aliphatic rings. The minimum Gasteiger partial charge on any atom is -0.367 e. The number of fused-ring (bicyclic) bond motifs is 2. The summed E-state index contributed by atoms with van der Waals surface area (Å²) in [4.78, 5) is 10.8. The van der Waals surface area contributed by atoms with Crippen molar-refractivity contribution in [2.45, 2.75) is 64.2 Å². The Morgan fingerprint density at radius 1 is 1.08 bits per heavy atom. The predicted molar refractivity (Wildman–Crippen MR) is 154 cm³/mol. The first-order valence-corrected chi connectivity index (χ1v) is 13.8. The molecule has 5 heterocycles. The number of hydrogen-bond acceptors (Lipinski definition) is 6. The standard InChI is InChI=1S/C15H12N6.C10H17N.C5H11N/c1-2-11-7-17-14-4-3-10(9-20(11)14)12-5-6-21-13(12)8-18-15(16)19-21;11-9-5-4-8-10-6-2-1-3-7-10;1-6-4-2-3-5-6/h2-9H,1H2,(H2,16,19);10H,1-8H2;2-5H2,1H3. The summed E-state index contributed by atoms with van der Waals surface area (Å²) >= 11 is 0. The summed E-state index contributed by atoms with van der Waals surface area (Å²) in [6, 6.07) is 8.21. The molecule has 1 aliphatic heterocycles. The van der Waals surface area contributed by atoms with Crippen LogP contribution in [-0.2, 0) is 0 Å². The first-order valence-electron chi connectivity index (χ1n) is 13.8. The normalized spacial score (nSPS) is 15.9. The molecule has 200 valence electrons. The fourth-order valence-corrected chi connectivity index (χ4v) is 5.29. The molecule has 1 saturated carbocycles. The molecule has 6 rings (SSSR count). The molecule has 8 heteroatoms. The molecule has 0 spiro atoms. The molecule has 0 bridgehead atoms. The lowest BCUT2D eigenvalue weighted by Gasteiger charge is -2.20. The first-order chi connectivity index (χ1) is 18.6. The van der Waals surface area contributed by atoms with E-state index in [1.54, 1.807) is 23.0 Å². The van der Waals surface area contributed by atoms with E-state index >= 15 is 0 Å². The number of nitrogens with zero attached hydrogens (tertiary/aromatic N) is 7.